The number of halogens is 1. The Morgan fingerprint density at radius 3 is 3.00 bits per heavy atom. The fourth-order valence-corrected chi connectivity index (χ4v) is 2.07. The maximum absolute atomic E-state index is 12.0. The fourth-order valence-electron chi connectivity index (χ4n) is 1.86. The van der Waals surface area contributed by atoms with Crippen LogP contribution in [0, 0.1) is 0 Å². The van der Waals surface area contributed by atoms with Crippen molar-refractivity contribution in [2.75, 3.05) is 12.3 Å². The van der Waals surface area contributed by atoms with Gasteiger partial charge >= 0.3 is 0 Å². The quantitative estimate of drug-likeness (QED) is 0.697. The minimum absolute atomic E-state index is 0.158. The van der Waals surface area contributed by atoms with Gasteiger partial charge in [0.2, 0.25) is 5.91 Å². The van der Waals surface area contributed by atoms with E-state index in [-0.39, 0.29) is 17.4 Å². The second-order valence-corrected chi connectivity index (χ2v) is 4.61. The lowest BCUT2D eigenvalue weighted by atomic mass is 10.1. The van der Waals surface area contributed by atoms with Crippen LogP contribution >= 0.6 is 11.6 Å². The molecule has 1 atom stereocenters. The summed E-state index contributed by atoms with van der Waals surface area (Å²) in [6.45, 7) is 0.657. The topological polar surface area (TPSA) is 84.2 Å². The zero-order valence-electron chi connectivity index (χ0n) is 9.70. The van der Waals surface area contributed by atoms with Crippen LogP contribution in [0.5, 0.6) is 0 Å². The Hall–Kier alpha value is -1.75. The predicted octanol–water partition coefficient (Wildman–Crippen LogP) is 0.931. The molecule has 0 spiro atoms. The highest BCUT2D eigenvalue weighted by molar-refractivity contribution is 6.34. The number of hydrogen-bond donors (Lipinski definition) is 3. The van der Waals surface area contributed by atoms with Gasteiger partial charge in [-0.05, 0) is 31.0 Å². The van der Waals surface area contributed by atoms with E-state index in [1.807, 2.05) is 0 Å². The van der Waals surface area contributed by atoms with Gasteiger partial charge in [0.1, 0.15) is 6.04 Å². The molecule has 1 aromatic rings. The Kier molecular flexibility index (Phi) is 3.72. The highest BCUT2D eigenvalue weighted by Crippen LogP contribution is 2.19. The molecule has 5 nitrogen and oxygen atoms in total. The molecule has 1 saturated heterocycles. The van der Waals surface area contributed by atoms with Gasteiger partial charge in [0.25, 0.3) is 5.91 Å². The zero-order valence-corrected chi connectivity index (χ0v) is 10.5. The summed E-state index contributed by atoms with van der Waals surface area (Å²) in [4.78, 5) is 23.5. The number of amides is 2. The van der Waals surface area contributed by atoms with Crippen molar-refractivity contribution in [1.82, 2.24) is 10.6 Å². The molecule has 18 heavy (non-hydrogen) atoms. The van der Waals surface area contributed by atoms with Crippen molar-refractivity contribution in [2.24, 2.45) is 0 Å². The first-order valence-electron chi connectivity index (χ1n) is 5.71. The highest BCUT2D eigenvalue weighted by Gasteiger charge is 2.24. The predicted molar refractivity (Wildman–Crippen MR) is 69.4 cm³/mol. The largest absolute Gasteiger partial charge is 0.399 e. The van der Waals surface area contributed by atoms with Gasteiger partial charge in [0, 0.05) is 12.2 Å². The first-order valence-corrected chi connectivity index (χ1v) is 6.09. The van der Waals surface area contributed by atoms with Crippen molar-refractivity contribution in [3.05, 3.63) is 28.8 Å². The molecule has 0 aliphatic carbocycles. The summed E-state index contributed by atoms with van der Waals surface area (Å²) < 4.78 is 0. The van der Waals surface area contributed by atoms with E-state index in [0.717, 1.165) is 6.42 Å². The van der Waals surface area contributed by atoms with Crippen LogP contribution in [-0.4, -0.2) is 24.4 Å². The van der Waals surface area contributed by atoms with Gasteiger partial charge in [0.15, 0.2) is 0 Å². The molecule has 1 aliphatic rings. The van der Waals surface area contributed by atoms with Crippen molar-refractivity contribution in [2.45, 2.75) is 18.9 Å². The molecule has 1 heterocycles. The number of carbonyl (C=O) groups is 2. The summed E-state index contributed by atoms with van der Waals surface area (Å²) in [6.07, 6.45) is 1.48. The smallest absolute Gasteiger partial charge is 0.253 e. The van der Waals surface area contributed by atoms with Gasteiger partial charge < -0.3 is 16.4 Å². The lowest BCUT2D eigenvalue weighted by Crippen LogP contribution is -2.50. The summed E-state index contributed by atoms with van der Waals surface area (Å²) in [7, 11) is 0. The maximum Gasteiger partial charge on any atom is 0.253 e. The van der Waals surface area contributed by atoms with Gasteiger partial charge in [-0.15, -0.1) is 0 Å². The molecule has 1 unspecified atom stereocenters. The number of nitrogens with two attached hydrogens (primary N) is 1. The number of nitrogens with one attached hydrogen (secondary N) is 2. The molecule has 0 aromatic heterocycles. The third-order valence-corrected chi connectivity index (χ3v) is 3.16. The van der Waals surface area contributed by atoms with Crippen LogP contribution < -0.4 is 16.4 Å². The Morgan fingerprint density at radius 2 is 2.28 bits per heavy atom. The molecule has 2 rings (SSSR count). The van der Waals surface area contributed by atoms with Crippen LogP contribution in [0.1, 0.15) is 23.2 Å². The van der Waals surface area contributed by atoms with Crippen molar-refractivity contribution in [1.29, 1.82) is 0 Å². The third kappa shape index (κ3) is 2.73. The van der Waals surface area contributed by atoms with Crippen molar-refractivity contribution in [3.63, 3.8) is 0 Å². The SMILES string of the molecule is Nc1ccc(Cl)c(C(=O)NC2CCCNC2=O)c1. The molecule has 4 N–H and O–H groups in total. The molecular formula is C12H14ClN3O2. The monoisotopic (exact) mass is 267 g/mol. The molecule has 1 aliphatic heterocycles. The molecular weight excluding hydrogens is 254 g/mol. The van der Waals surface area contributed by atoms with Gasteiger partial charge in [-0.3, -0.25) is 9.59 Å². The number of benzene rings is 1. The van der Waals surface area contributed by atoms with Gasteiger partial charge in [-0.2, -0.15) is 0 Å². The summed E-state index contributed by atoms with van der Waals surface area (Å²) in [5, 5.41) is 5.68. The maximum atomic E-state index is 12.0. The molecule has 2 amide bonds. The Balaban J connectivity index is 2.11. The van der Waals surface area contributed by atoms with Crippen LogP contribution in [0.3, 0.4) is 0 Å². The van der Waals surface area contributed by atoms with Crippen LogP contribution in [-0.2, 0) is 4.79 Å². The van der Waals surface area contributed by atoms with Crippen LogP contribution in [0.25, 0.3) is 0 Å². The number of piperidine rings is 1. The van der Waals surface area contributed by atoms with E-state index in [2.05, 4.69) is 10.6 Å². The first-order chi connectivity index (χ1) is 8.58. The summed E-state index contributed by atoms with van der Waals surface area (Å²) in [5.41, 5.74) is 6.35. The lowest BCUT2D eigenvalue weighted by molar-refractivity contribution is -0.124. The highest BCUT2D eigenvalue weighted by atomic mass is 35.5. The molecule has 1 aromatic carbocycles. The summed E-state index contributed by atoms with van der Waals surface area (Å²) in [6, 6.07) is 4.18. The van der Waals surface area contributed by atoms with Gasteiger partial charge in [-0.25, -0.2) is 0 Å². The van der Waals surface area contributed by atoms with E-state index in [9.17, 15) is 9.59 Å². The molecule has 0 bridgehead atoms. The first kappa shape index (κ1) is 12.7. The number of hydrogen-bond acceptors (Lipinski definition) is 3. The standard InChI is InChI=1S/C12H14ClN3O2/c13-9-4-3-7(14)6-8(9)11(17)16-10-2-1-5-15-12(10)18/h3-4,6,10H,1-2,5,14H2,(H,15,18)(H,16,17). The van der Waals surface area contributed by atoms with Gasteiger partial charge in [-0.1, -0.05) is 11.6 Å². The Morgan fingerprint density at radius 1 is 1.50 bits per heavy atom. The van der Waals surface area contributed by atoms with Crippen molar-refractivity contribution < 1.29 is 9.59 Å². The zero-order chi connectivity index (χ0) is 13.1. The van der Waals surface area contributed by atoms with E-state index in [1.165, 1.54) is 6.07 Å². The van der Waals surface area contributed by atoms with Crippen LogP contribution in [0.15, 0.2) is 18.2 Å². The second kappa shape index (κ2) is 5.27. The molecule has 0 saturated carbocycles. The normalized spacial score (nSPS) is 19.2. The van der Waals surface area contributed by atoms with Crippen LogP contribution in [0.4, 0.5) is 5.69 Å². The van der Waals surface area contributed by atoms with Crippen molar-refractivity contribution >= 4 is 29.1 Å². The van der Waals surface area contributed by atoms with Crippen LogP contribution in [0.2, 0.25) is 5.02 Å². The number of nitrogen functional groups attached to an aromatic ring is 1. The fraction of sp³-hybridized carbons (Fsp3) is 0.333. The summed E-state index contributed by atoms with van der Waals surface area (Å²) >= 11 is 5.93. The number of anilines is 1. The molecule has 0 radical (unpaired) electrons. The second-order valence-electron chi connectivity index (χ2n) is 4.20. The van der Waals surface area contributed by atoms with E-state index >= 15 is 0 Å². The Labute approximate surface area is 110 Å². The average Bonchev–Trinajstić information content (AvgIpc) is 2.35. The molecule has 6 heteroatoms. The third-order valence-electron chi connectivity index (χ3n) is 2.83. The summed E-state index contributed by atoms with van der Waals surface area (Å²) in [5.74, 6) is -0.538. The van der Waals surface area contributed by atoms with E-state index < -0.39 is 6.04 Å². The van der Waals surface area contributed by atoms with E-state index in [4.69, 9.17) is 17.3 Å². The molecule has 96 valence electrons. The van der Waals surface area contributed by atoms with Gasteiger partial charge in [0.05, 0.1) is 10.6 Å². The van der Waals surface area contributed by atoms with E-state index in [0.29, 0.717) is 23.7 Å². The lowest BCUT2D eigenvalue weighted by Gasteiger charge is -2.23. The number of carbonyl (C=O) groups excluding carboxylic acids is 2. The minimum Gasteiger partial charge on any atom is -0.399 e. The average molecular weight is 268 g/mol. The van der Waals surface area contributed by atoms with E-state index in [1.54, 1.807) is 12.1 Å². The minimum atomic E-state index is -0.497. The Bertz CT molecular complexity index is 490. The number of rotatable bonds is 2. The molecule has 1 fully saturated rings. The van der Waals surface area contributed by atoms with Crippen molar-refractivity contribution in [3.8, 4) is 0 Å².